The van der Waals surface area contributed by atoms with Crippen LogP contribution in [0.3, 0.4) is 0 Å². The van der Waals surface area contributed by atoms with E-state index in [2.05, 4.69) is 15.7 Å². The van der Waals surface area contributed by atoms with Crippen molar-refractivity contribution in [2.45, 2.75) is 33.4 Å². The van der Waals surface area contributed by atoms with Crippen LogP contribution in [0.25, 0.3) is 0 Å². The summed E-state index contributed by atoms with van der Waals surface area (Å²) in [5.74, 6) is 0.0315. The summed E-state index contributed by atoms with van der Waals surface area (Å²) >= 11 is 0. The number of rotatable bonds is 5. The van der Waals surface area contributed by atoms with Crippen molar-refractivity contribution in [3.63, 3.8) is 0 Å². The molecule has 0 radical (unpaired) electrons. The normalized spacial score (nSPS) is 12.5. The second kappa shape index (κ2) is 5.65. The molecular weight excluding hydrogens is 204 g/mol. The summed E-state index contributed by atoms with van der Waals surface area (Å²) in [7, 11) is 1.89. The molecule has 5 heteroatoms. The number of nitrogens with one attached hydrogen (secondary N) is 2. The van der Waals surface area contributed by atoms with Crippen LogP contribution >= 0.6 is 0 Å². The Labute approximate surface area is 96.2 Å². The summed E-state index contributed by atoms with van der Waals surface area (Å²) in [6, 6.07) is -0.181. The van der Waals surface area contributed by atoms with E-state index in [-0.39, 0.29) is 11.9 Å². The highest BCUT2D eigenvalue weighted by Gasteiger charge is 2.11. The van der Waals surface area contributed by atoms with E-state index in [9.17, 15) is 4.79 Å². The first-order chi connectivity index (χ1) is 7.54. The molecule has 0 aliphatic carbocycles. The Morgan fingerprint density at radius 2 is 2.31 bits per heavy atom. The summed E-state index contributed by atoms with van der Waals surface area (Å²) in [6.45, 7) is 7.06. The molecular formula is C11H20N4O. The van der Waals surface area contributed by atoms with E-state index in [1.807, 2.05) is 34.0 Å². The van der Waals surface area contributed by atoms with E-state index >= 15 is 0 Å². The average Bonchev–Trinajstić information content (AvgIpc) is 2.54. The lowest BCUT2D eigenvalue weighted by molar-refractivity contribution is -0.122. The molecule has 0 fully saturated rings. The van der Waals surface area contributed by atoms with E-state index in [0.717, 1.165) is 11.3 Å². The van der Waals surface area contributed by atoms with Crippen molar-refractivity contribution in [2.24, 2.45) is 7.05 Å². The minimum atomic E-state index is -0.181. The monoisotopic (exact) mass is 224 g/mol. The van der Waals surface area contributed by atoms with Crippen molar-refractivity contribution >= 4 is 5.91 Å². The Kier molecular flexibility index (Phi) is 4.49. The van der Waals surface area contributed by atoms with Gasteiger partial charge in [0.2, 0.25) is 5.91 Å². The highest BCUT2D eigenvalue weighted by Crippen LogP contribution is 2.04. The molecule has 0 bridgehead atoms. The molecule has 1 aromatic rings. The number of aryl methyl sites for hydroxylation is 2. The van der Waals surface area contributed by atoms with Crippen molar-refractivity contribution in [3.8, 4) is 0 Å². The van der Waals surface area contributed by atoms with Crippen LogP contribution < -0.4 is 10.6 Å². The molecule has 1 rings (SSSR count). The van der Waals surface area contributed by atoms with Crippen LogP contribution in [0.2, 0.25) is 0 Å². The maximum absolute atomic E-state index is 11.5. The van der Waals surface area contributed by atoms with Crippen LogP contribution in [0, 0.1) is 6.92 Å². The molecule has 1 aromatic heterocycles. The number of hydrogen-bond donors (Lipinski definition) is 2. The fourth-order valence-electron chi connectivity index (χ4n) is 1.51. The summed E-state index contributed by atoms with van der Waals surface area (Å²) < 4.78 is 1.78. The molecule has 0 aliphatic heterocycles. The van der Waals surface area contributed by atoms with E-state index in [4.69, 9.17) is 0 Å². The highest BCUT2D eigenvalue weighted by atomic mass is 16.2. The zero-order valence-corrected chi connectivity index (χ0v) is 10.4. The smallest absolute Gasteiger partial charge is 0.236 e. The van der Waals surface area contributed by atoms with Gasteiger partial charge in [0, 0.05) is 31.9 Å². The molecule has 0 spiro atoms. The van der Waals surface area contributed by atoms with Crippen molar-refractivity contribution < 1.29 is 4.79 Å². The predicted octanol–water partition coefficient (Wildman–Crippen LogP) is 0.343. The minimum Gasteiger partial charge on any atom is -0.355 e. The lowest BCUT2D eigenvalue weighted by Crippen LogP contribution is -2.41. The first-order valence-corrected chi connectivity index (χ1v) is 5.54. The molecule has 0 saturated carbocycles. The Bertz CT molecular complexity index is 359. The maximum Gasteiger partial charge on any atom is 0.236 e. The SMILES string of the molecule is CCNC(=O)C(C)NCc1cn(C)nc1C. The summed E-state index contributed by atoms with van der Waals surface area (Å²) in [5, 5.41) is 10.2. The Morgan fingerprint density at radius 3 is 2.81 bits per heavy atom. The summed E-state index contributed by atoms with van der Waals surface area (Å²) in [5.41, 5.74) is 2.12. The number of hydrogen-bond acceptors (Lipinski definition) is 3. The zero-order valence-electron chi connectivity index (χ0n) is 10.4. The maximum atomic E-state index is 11.5. The van der Waals surface area contributed by atoms with Crippen LogP contribution in [-0.4, -0.2) is 28.3 Å². The number of amides is 1. The summed E-state index contributed by atoms with van der Waals surface area (Å²) in [4.78, 5) is 11.5. The van der Waals surface area contributed by atoms with Crippen LogP contribution in [-0.2, 0) is 18.4 Å². The highest BCUT2D eigenvalue weighted by molar-refractivity contribution is 5.81. The van der Waals surface area contributed by atoms with Gasteiger partial charge in [-0.25, -0.2) is 0 Å². The van der Waals surface area contributed by atoms with Crippen molar-refractivity contribution in [2.75, 3.05) is 6.54 Å². The molecule has 90 valence electrons. The van der Waals surface area contributed by atoms with E-state index in [1.165, 1.54) is 0 Å². The molecule has 1 heterocycles. The molecule has 0 saturated heterocycles. The number of likely N-dealkylation sites (N-methyl/N-ethyl adjacent to an activating group) is 1. The van der Waals surface area contributed by atoms with Gasteiger partial charge in [-0.05, 0) is 20.8 Å². The fourth-order valence-corrected chi connectivity index (χ4v) is 1.51. The van der Waals surface area contributed by atoms with Gasteiger partial charge in [-0.2, -0.15) is 5.10 Å². The van der Waals surface area contributed by atoms with Crippen LogP contribution in [0.1, 0.15) is 25.1 Å². The first-order valence-electron chi connectivity index (χ1n) is 5.54. The third-order valence-corrected chi connectivity index (χ3v) is 2.46. The molecule has 5 nitrogen and oxygen atoms in total. The molecule has 2 N–H and O–H groups in total. The number of carbonyl (C=O) groups excluding carboxylic acids is 1. The van der Waals surface area contributed by atoms with Crippen LogP contribution in [0.15, 0.2) is 6.20 Å². The largest absolute Gasteiger partial charge is 0.355 e. The Balaban J connectivity index is 2.45. The lowest BCUT2D eigenvalue weighted by atomic mass is 10.2. The molecule has 0 aliphatic rings. The molecule has 0 aromatic carbocycles. The topological polar surface area (TPSA) is 59.0 Å². The van der Waals surface area contributed by atoms with Gasteiger partial charge in [-0.15, -0.1) is 0 Å². The minimum absolute atomic E-state index is 0.0315. The molecule has 1 atom stereocenters. The van der Waals surface area contributed by atoms with Gasteiger partial charge in [0.25, 0.3) is 0 Å². The average molecular weight is 224 g/mol. The third kappa shape index (κ3) is 3.34. The van der Waals surface area contributed by atoms with Crippen LogP contribution in [0.4, 0.5) is 0 Å². The fraction of sp³-hybridized carbons (Fsp3) is 0.636. The van der Waals surface area contributed by atoms with Gasteiger partial charge in [0.15, 0.2) is 0 Å². The van der Waals surface area contributed by atoms with Crippen LogP contribution in [0.5, 0.6) is 0 Å². The quantitative estimate of drug-likeness (QED) is 0.758. The van der Waals surface area contributed by atoms with Gasteiger partial charge < -0.3 is 10.6 Å². The molecule has 1 amide bonds. The standard InChI is InChI=1S/C11H20N4O/c1-5-12-11(16)9(3)13-6-10-7-15(4)14-8(10)2/h7,9,13H,5-6H2,1-4H3,(H,12,16). The Hall–Kier alpha value is -1.36. The lowest BCUT2D eigenvalue weighted by Gasteiger charge is -2.12. The Morgan fingerprint density at radius 1 is 1.62 bits per heavy atom. The predicted molar refractivity (Wildman–Crippen MR) is 62.9 cm³/mol. The number of aromatic nitrogens is 2. The number of nitrogens with zero attached hydrogens (tertiary/aromatic N) is 2. The first kappa shape index (κ1) is 12.7. The summed E-state index contributed by atoms with van der Waals surface area (Å²) in [6.07, 6.45) is 1.97. The second-order valence-corrected chi connectivity index (χ2v) is 3.91. The molecule has 1 unspecified atom stereocenters. The van der Waals surface area contributed by atoms with Crippen molar-refractivity contribution in [1.82, 2.24) is 20.4 Å². The second-order valence-electron chi connectivity index (χ2n) is 3.91. The van der Waals surface area contributed by atoms with Gasteiger partial charge in [0.05, 0.1) is 11.7 Å². The molecule has 16 heavy (non-hydrogen) atoms. The van der Waals surface area contributed by atoms with E-state index < -0.39 is 0 Å². The van der Waals surface area contributed by atoms with E-state index in [1.54, 1.807) is 4.68 Å². The van der Waals surface area contributed by atoms with Crippen molar-refractivity contribution in [1.29, 1.82) is 0 Å². The van der Waals surface area contributed by atoms with Gasteiger partial charge in [0.1, 0.15) is 0 Å². The third-order valence-electron chi connectivity index (χ3n) is 2.46. The zero-order chi connectivity index (χ0) is 12.1. The van der Waals surface area contributed by atoms with Crippen molar-refractivity contribution in [3.05, 3.63) is 17.5 Å². The van der Waals surface area contributed by atoms with Gasteiger partial charge >= 0.3 is 0 Å². The van der Waals surface area contributed by atoms with E-state index in [0.29, 0.717) is 13.1 Å². The van der Waals surface area contributed by atoms with Gasteiger partial charge in [-0.3, -0.25) is 9.48 Å². The number of carbonyl (C=O) groups is 1. The van der Waals surface area contributed by atoms with Gasteiger partial charge in [-0.1, -0.05) is 0 Å².